The van der Waals surface area contributed by atoms with E-state index in [9.17, 15) is 0 Å². The molecule has 1 aromatic carbocycles. The van der Waals surface area contributed by atoms with Gasteiger partial charge in [0.05, 0.1) is 11.3 Å². The minimum absolute atomic E-state index is 0.515. The molecule has 0 aliphatic heterocycles. The van der Waals surface area contributed by atoms with E-state index in [1.165, 1.54) is 25.7 Å². The second kappa shape index (κ2) is 4.78. The second-order valence-corrected chi connectivity index (χ2v) is 6.72. The molecule has 1 aromatic heterocycles. The van der Waals surface area contributed by atoms with Crippen LogP contribution in [0.2, 0.25) is 0 Å². The van der Waals surface area contributed by atoms with E-state index < -0.39 is 0 Å². The zero-order valence-electron chi connectivity index (χ0n) is 11.5. The predicted octanol–water partition coefficient (Wildman–Crippen LogP) is 3.10. The first-order chi connectivity index (χ1) is 10.3. The Morgan fingerprint density at radius 2 is 2.05 bits per heavy atom. The Hall–Kier alpha value is -2.00. The number of nitrogens with two attached hydrogens (primary N) is 1. The Morgan fingerprint density at radius 1 is 1.24 bits per heavy atom. The van der Waals surface area contributed by atoms with Gasteiger partial charge in [-0.15, -0.1) is 10.2 Å². The number of rotatable bonds is 4. The van der Waals surface area contributed by atoms with Crippen LogP contribution in [0.4, 0.5) is 5.69 Å². The average Bonchev–Trinajstić information content (AvgIpc) is 3.39. The molecule has 106 valence electrons. The van der Waals surface area contributed by atoms with Crippen LogP contribution in [0.25, 0.3) is 0 Å². The summed E-state index contributed by atoms with van der Waals surface area (Å²) in [5, 5.41) is 18.7. The van der Waals surface area contributed by atoms with E-state index in [4.69, 9.17) is 11.0 Å². The van der Waals surface area contributed by atoms with Crippen LogP contribution in [0.3, 0.4) is 0 Å². The second-order valence-electron chi connectivity index (χ2n) is 5.68. The predicted molar refractivity (Wildman–Crippen MR) is 80.0 cm³/mol. The van der Waals surface area contributed by atoms with Gasteiger partial charge in [-0.25, -0.2) is 0 Å². The molecule has 2 aliphatic rings. The molecular weight excluding hydrogens is 282 g/mol. The zero-order valence-corrected chi connectivity index (χ0v) is 12.3. The molecule has 2 saturated carbocycles. The smallest absolute Gasteiger partial charge is 0.196 e. The van der Waals surface area contributed by atoms with E-state index in [1.54, 1.807) is 17.8 Å². The maximum absolute atomic E-state index is 8.93. The van der Waals surface area contributed by atoms with Gasteiger partial charge in [0.2, 0.25) is 0 Å². The number of anilines is 1. The fourth-order valence-corrected chi connectivity index (χ4v) is 3.42. The average molecular weight is 297 g/mol. The number of benzene rings is 1. The van der Waals surface area contributed by atoms with Gasteiger partial charge in [0.25, 0.3) is 0 Å². The molecule has 0 spiro atoms. The Labute approximate surface area is 127 Å². The molecule has 2 aliphatic carbocycles. The molecule has 4 rings (SSSR count). The summed E-state index contributed by atoms with van der Waals surface area (Å²) in [5.41, 5.74) is 6.91. The molecule has 0 bridgehead atoms. The van der Waals surface area contributed by atoms with Gasteiger partial charge in [-0.2, -0.15) is 5.26 Å². The van der Waals surface area contributed by atoms with Crippen LogP contribution in [-0.2, 0) is 0 Å². The number of aromatic nitrogens is 3. The van der Waals surface area contributed by atoms with Crippen molar-refractivity contribution in [2.75, 3.05) is 5.73 Å². The van der Waals surface area contributed by atoms with Gasteiger partial charge in [-0.05, 0) is 55.6 Å². The minimum Gasteiger partial charge on any atom is -0.398 e. The monoisotopic (exact) mass is 297 g/mol. The molecule has 0 unspecified atom stereocenters. The van der Waals surface area contributed by atoms with Crippen molar-refractivity contribution in [2.45, 2.75) is 47.7 Å². The maximum Gasteiger partial charge on any atom is 0.196 e. The lowest BCUT2D eigenvalue weighted by molar-refractivity contribution is 0.627. The van der Waals surface area contributed by atoms with Gasteiger partial charge in [0, 0.05) is 16.9 Å². The van der Waals surface area contributed by atoms with Crippen LogP contribution in [0, 0.1) is 11.3 Å². The molecule has 0 atom stereocenters. The van der Waals surface area contributed by atoms with Gasteiger partial charge in [-0.1, -0.05) is 0 Å². The van der Waals surface area contributed by atoms with Crippen LogP contribution in [0.1, 0.15) is 49.0 Å². The lowest BCUT2D eigenvalue weighted by Gasteiger charge is -2.08. The van der Waals surface area contributed by atoms with Crippen LogP contribution in [-0.4, -0.2) is 14.8 Å². The quantitative estimate of drug-likeness (QED) is 0.877. The standard InChI is InChI=1S/C15H15N5S/c16-8-10-3-6-12(7-13(10)17)21-15-19-18-14(9-1-2-9)20(15)11-4-5-11/h3,6-7,9,11H,1-2,4-5,17H2. The fourth-order valence-electron chi connectivity index (χ4n) is 2.47. The molecule has 2 N–H and O–H groups in total. The molecule has 0 saturated heterocycles. The van der Waals surface area contributed by atoms with Crippen molar-refractivity contribution in [3.05, 3.63) is 29.6 Å². The van der Waals surface area contributed by atoms with Crippen molar-refractivity contribution in [1.82, 2.24) is 14.8 Å². The summed E-state index contributed by atoms with van der Waals surface area (Å²) in [6.45, 7) is 0. The van der Waals surface area contributed by atoms with E-state index in [-0.39, 0.29) is 0 Å². The Kier molecular flexibility index (Phi) is 2.89. The molecule has 0 amide bonds. The Morgan fingerprint density at radius 3 is 2.67 bits per heavy atom. The summed E-state index contributed by atoms with van der Waals surface area (Å²) in [7, 11) is 0. The highest BCUT2D eigenvalue weighted by molar-refractivity contribution is 7.99. The first-order valence-electron chi connectivity index (χ1n) is 7.18. The molecule has 2 aromatic rings. The van der Waals surface area contributed by atoms with E-state index in [0.717, 1.165) is 15.9 Å². The van der Waals surface area contributed by atoms with Crippen molar-refractivity contribution in [2.24, 2.45) is 0 Å². The first kappa shape index (κ1) is 12.7. The van der Waals surface area contributed by atoms with Crippen LogP contribution in [0.15, 0.2) is 28.3 Å². The van der Waals surface area contributed by atoms with Crippen molar-refractivity contribution in [3.8, 4) is 6.07 Å². The van der Waals surface area contributed by atoms with E-state index in [0.29, 0.717) is 23.2 Å². The van der Waals surface area contributed by atoms with Gasteiger partial charge in [0.1, 0.15) is 11.9 Å². The molecule has 2 fully saturated rings. The number of nitriles is 1. The molecule has 6 heteroatoms. The highest BCUT2D eigenvalue weighted by Gasteiger charge is 2.36. The van der Waals surface area contributed by atoms with Crippen molar-refractivity contribution < 1.29 is 0 Å². The molecule has 0 radical (unpaired) electrons. The zero-order chi connectivity index (χ0) is 14.4. The summed E-state index contributed by atoms with van der Waals surface area (Å²) < 4.78 is 2.32. The van der Waals surface area contributed by atoms with E-state index >= 15 is 0 Å². The van der Waals surface area contributed by atoms with Crippen LogP contribution >= 0.6 is 11.8 Å². The van der Waals surface area contributed by atoms with Crippen molar-refractivity contribution in [1.29, 1.82) is 5.26 Å². The number of hydrogen-bond donors (Lipinski definition) is 1. The molecule has 5 nitrogen and oxygen atoms in total. The van der Waals surface area contributed by atoms with E-state index in [1.807, 2.05) is 12.1 Å². The molecule has 1 heterocycles. The van der Waals surface area contributed by atoms with Gasteiger partial charge < -0.3 is 10.3 Å². The van der Waals surface area contributed by atoms with Gasteiger partial charge in [-0.3, -0.25) is 0 Å². The van der Waals surface area contributed by atoms with Gasteiger partial charge >= 0.3 is 0 Å². The lowest BCUT2D eigenvalue weighted by Crippen LogP contribution is -2.01. The largest absolute Gasteiger partial charge is 0.398 e. The third kappa shape index (κ3) is 2.38. The van der Waals surface area contributed by atoms with Crippen molar-refractivity contribution in [3.63, 3.8) is 0 Å². The third-order valence-electron chi connectivity index (χ3n) is 3.90. The minimum atomic E-state index is 0.515. The van der Waals surface area contributed by atoms with E-state index in [2.05, 4.69) is 20.8 Å². The summed E-state index contributed by atoms with van der Waals surface area (Å²) in [4.78, 5) is 1.00. The highest BCUT2D eigenvalue weighted by Crippen LogP contribution is 2.46. The number of nitrogen functional groups attached to an aromatic ring is 1. The maximum atomic E-state index is 8.93. The summed E-state index contributed by atoms with van der Waals surface area (Å²) in [5.74, 6) is 1.76. The summed E-state index contributed by atoms with van der Waals surface area (Å²) in [6, 6.07) is 8.18. The Balaban J connectivity index is 1.65. The third-order valence-corrected chi connectivity index (χ3v) is 4.85. The molecular formula is C15H15N5S. The Bertz CT molecular complexity index is 737. The summed E-state index contributed by atoms with van der Waals surface area (Å²) in [6.07, 6.45) is 4.92. The normalized spacial score (nSPS) is 17.7. The number of hydrogen-bond acceptors (Lipinski definition) is 5. The topological polar surface area (TPSA) is 80.5 Å². The number of nitrogens with zero attached hydrogens (tertiary/aromatic N) is 4. The SMILES string of the molecule is N#Cc1ccc(Sc2nnc(C3CC3)n2C2CC2)cc1N. The first-order valence-corrected chi connectivity index (χ1v) is 8.00. The van der Waals surface area contributed by atoms with Crippen LogP contribution < -0.4 is 5.73 Å². The summed E-state index contributed by atoms with van der Waals surface area (Å²) >= 11 is 1.58. The van der Waals surface area contributed by atoms with Gasteiger partial charge in [0.15, 0.2) is 5.16 Å². The highest BCUT2D eigenvalue weighted by atomic mass is 32.2. The fraction of sp³-hybridized carbons (Fsp3) is 0.400. The molecule has 21 heavy (non-hydrogen) atoms. The lowest BCUT2D eigenvalue weighted by atomic mass is 10.2. The van der Waals surface area contributed by atoms with Crippen molar-refractivity contribution >= 4 is 17.4 Å². The van der Waals surface area contributed by atoms with Crippen LogP contribution in [0.5, 0.6) is 0 Å².